The van der Waals surface area contributed by atoms with E-state index in [4.69, 9.17) is 14.2 Å². The van der Waals surface area contributed by atoms with Crippen LogP contribution in [0.1, 0.15) is 32.5 Å². The number of carbonyl (C=O) groups excluding carboxylic acids is 2. The van der Waals surface area contributed by atoms with Crippen molar-refractivity contribution in [2.24, 2.45) is 0 Å². The second kappa shape index (κ2) is 11.1. The Morgan fingerprint density at radius 3 is 2.44 bits per heavy atom. The SMILES string of the molecule is CCOc1cc(C(=O)Oc2ccc(NC(=O)c3cccs3)cc2)ccc1OCc1ccncc1. The zero-order valence-corrected chi connectivity index (χ0v) is 19.2. The summed E-state index contributed by atoms with van der Waals surface area (Å²) in [5.74, 6) is 0.625. The normalized spacial score (nSPS) is 10.4. The first-order valence-corrected chi connectivity index (χ1v) is 11.5. The van der Waals surface area contributed by atoms with Gasteiger partial charge in [-0.2, -0.15) is 0 Å². The number of nitrogens with zero attached hydrogens (tertiary/aromatic N) is 1. The van der Waals surface area contributed by atoms with Crippen LogP contribution in [0, 0.1) is 0 Å². The number of hydrogen-bond donors (Lipinski definition) is 1. The average Bonchev–Trinajstić information content (AvgIpc) is 3.41. The fourth-order valence-corrected chi connectivity index (χ4v) is 3.65. The van der Waals surface area contributed by atoms with Crippen molar-refractivity contribution in [2.75, 3.05) is 11.9 Å². The zero-order chi connectivity index (χ0) is 23.8. The summed E-state index contributed by atoms with van der Waals surface area (Å²) in [7, 11) is 0. The Labute approximate surface area is 201 Å². The second-order valence-electron chi connectivity index (χ2n) is 7.08. The largest absolute Gasteiger partial charge is 0.490 e. The Hall–Kier alpha value is -4.17. The van der Waals surface area contributed by atoms with Gasteiger partial charge < -0.3 is 19.5 Å². The van der Waals surface area contributed by atoms with Gasteiger partial charge in [0.25, 0.3) is 5.91 Å². The Kier molecular flexibility index (Phi) is 7.52. The van der Waals surface area contributed by atoms with Crippen molar-refractivity contribution in [3.05, 3.63) is 101 Å². The van der Waals surface area contributed by atoms with Gasteiger partial charge in [-0.1, -0.05) is 6.07 Å². The molecular weight excluding hydrogens is 452 g/mol. The smallest absolute Gasteiger partial charge is 0.343 e. The zero-order valence-electron chi connectivity index (χ0n) is 18.4. The molecule has 2 heterocycles. The predicted octanol–water partition coefficient (Wildman–Crippen LogP) is 5.59. The lowest BCUT2D eigenvalue weighted by atomic mass is 10.2. The van der Waals surface area contributed by atoms with E-state index < -0.39 is 5.97 Å². The van der Waals surface area contributed by atoms with Crippen molar-refractivity contribution in [1.29, 1.82) is 0 Å². The molecule has 4 rings (SSSR count). The van der Waals surface area contributed by atoms with E-state index in [-0.39, 0.29) is 5.91 Å². The van der Waals surface area contributed by atoms with Crippen molar-refractivity contribution in [3.63, 3.8) is 0 Å². The highest BCUT2D eigenvalue weighted by atomic mass is 32.1. The van der Waals surface area contributed by atoms with Crippen molar-refractivity contribution in [2.45, 2.75) is 13.5 Å². The third-order valence-electron chi connectivity index (χ3n) is 4.69. The third-order valence-corrected chi connectivity index (χ3v) is 5.56. The maximum Gasteiger partial charge on any atom is 0.343 e. The molecule has 0 saturated heterocycles. The van der Waals surface area contributed by atoms with E-state index in [1.165, 1.54) is 11.3 Å². The van der Waals surface area contributed by atoms with Crippen LogP contribution >= 0.6 is 11.3 Å². The first-order valence-electron chi connectivity index (χ1n) is 10.6. The van der Waals surface area contributed by atoms with Crippen LogP contribution in [0.15, 0.2) is 84.5 Å². The summed E-state index contributed by atoms with van der Waals surface area (Å²) >= 11 is 1.36. The summed E-state index contributed by atoms with van der Waals surface area (Å²) in [6, 6.07) is 18.8. The van der Waals surface area contributed by atoms with Gasteiger partial charge in [0.15, 0.2) is 11.5 Å². The maximum atomic E-state index is 12.7. The number of amides is 1. The molecule has 0 radical (unpaired) electrons. The molecular formula is C26H22N2O5S. The first kappa shape index (κ1) is 23.0. The van der Waals surface area contributed by atoms with E-state index in [2.05, 4.69) is 10.3 Å². The van der Waals surface area contributed by atoms with Crippen molar-refractivity contribution < 1.29 is 23.8 Å². The summed E-state index contributed by atoms with van der Waals surface area (Å²) in [5.41, 5.74) is 1.90. The van der Waals surface area contributed by atoms with Crippen LogP contribution in [0.5, 0.6) is 17.2 Å². The molecule has 2 aromatic carbocycles. The molecule has 1 N–H and O–H groups in total. The molecule has 2 aromatic heterocycles. The summed E-state index contributed by atoms with van der Waals surface area (Å²) in [6.07, 6.45) is 3.40. The van der Waals surface area contributed by atoms with Gasteiger partial charge in [-0.15, -0.1) is 11.3 Å². The number of anilines is 1. The number of pyridine rings is 1. The van der Waals surface area contributed by atoms with E-state index >= 15 is 0 Å². The van der Waals surface area contributed by atoms with Gasteiger partial charge in [-0.05, 0) is 78.5 Å². The molecule has 0 aliphatic heterocycles. The number of ether oxygens (including phenoxy) is 3. The van der Waals surface area contributed by atoms with Crippen LogP contribution in [0.2, 0.25) is 0 Å². The second-order valence-corrected chi connectivity index (χ2v) is 8.03. The minimum Gasteiger partial charge on any atom is -0.490 e. The Morgan fingerprint density at radius 2 is 1.74 bits per heavy atom. The Morgan fingerprint density at radius 1 is 0.941 bits per heavy atom. The van der Waals surface area contributed by atoms with Gasteiger partial charge >= 0.3 is 5.97 Å². The van der Waals surface area contributed by atoms with Crippen molar-refractivity contribution >= 4 is 28.9 Å². The van der Waals surface area contributed by atoms with E-state index in [1.807, 2.05) is 30.5 Å². The molecule has 0 aliphatic carbocycles. The molecule has 7 nitrogen and oxygen atoms in total. The lowest BCUT2D eigenvalue weighted by Gasteiger charge is -2.13. The number of nitrogens with one attached hydrogen (secondary N) is 1. The van der Waals surface area contributed by atoms with E-state index in [9.17, 15) is 9.59 Å². The third kappa shape index (κ3) is 5.99. The minimum atomic E-state index is -0.531. The predicted molar refractivity (Wildman–Crippen MR) is 130 cm³/mol. The van der Waals surface area contributed by atoms with Crippen LogP contribution in [0.4, 0.5) is 5.69 Å². The highest BCUT2D eigenvalue weighted by Gasteiger charge is 2.14. The molecule has 0 saturated carbocycles. The lowest BCUT2D eigenvalue weighted by Crippen LogP contribution is -2.11. The number of aromatic nitrogens is 1. The first-order chi connectivity index (χ1) is 16.6. The van der Waals surface area contributed by atoms with Gasteiger partial charge in [-0.25, -0.2) is 4.79 Å². The lowest BCUT2D eigenvalue weighted by molar-refractivity contribution is 0.0734. The van der Waals surface area contributed by atoms with Crippen molar-refractivity contribution in [1.82, 2.24) is 4.98 Å². The minimum absolute atomic E-state index is 0.186. The summed E-state index contributed by atoms with van der Waals surface area (Å²) in [5, 5.41) is 4.65. The summed E-state index contributed by atoms with van der Waals surface area (Å²) in [4.78, 5) is 29.4. The van der Waals surface area contributed by atoms with Crippen LogP contribution in [-0.2, 0) is 6.61 Å². The molecule has 8 heteroatoms. The monoisotopic (exact) mass is 474 g/mol. The van der Waals surface area contributed by atoms with Gasteiger partial charge in [0.2, 0.25) is 0 Å². The van der Waals surface area contributed by atoms with Crippen LogP contribution in [0.25, 0.3) is 0 Å². The quantitative estimate of drug-likeness (QED) is 0.251. The molecule has 0 atom stereocenters. The molecule has 0 fully saturated rings. The Balaban J connectivity index is 1.39. The molecule has 0 unspecified atom stereocenters. The number of rotatable bonds is 9. The van der Waals surface area contributed by atoms with Crippen molar-refractivity contribution in [3.8, 4) is 17.2 Å². The van der Waals surface area contributed by atoms with E-state index in [0.29, 0.717) is 46.6 Å². The van der Waals surface area contributed by atoms with Crippen LogP contribution < -0.4 is 19.5 Å². The van der Waals surface area contributed by atoms with Crippen LogP contribution in [0.3, 0.4) is 0 Å². The highest BCUT2D eigenvalue weighted by molar-refractivity contribution is 7.12. The van der Waals surface area contributed by atoms with Crippen LogP contribution in [-0.4, -0.2) is 23.5 Å². The molecule has 172 valence electrons. The fraction of sp³-hybridized carbons (Fsp3) is 0.115. The molecule has 0 aliphatic rings. The van der Waals surface area contributed by atoms with Gasteiger partial charge in [0.05, 0.1) is 17.0 Å². The average molecular weight is 475 g/mol. The van der Waals surface area contributed by atoms with Gasteiger partial charge in [0, 0.05) is 18.1 Å². The number of benzene rings is 2. The topological polar surface area (TPSA) is 86.8 Å². The van der Waals surface area contributed by atoms with Gasteiger partial charge in [0.1, 0.15) is 12.4 Å². The highest BCUT2D eigenvalue weighted by Crippen LogP contribution is 2.30. The van der Waals surface area contributed by atoms with Gasteiger partial charge in [-0.3, -0.25) is 9.78 Å². The molecule has 4 aromatic rings. The molecule has 1 amide bonds. The number of hydrogen-bond acceptors (Lipinski definition) is 7. The molecule has 0 bridgehead atoms. The number of esters is 1. The standard InChI is InChI=1S/C26H22N2O5S/c1-2-31-23-16-19(5-10-22(23)32-17-18-11-13-27-14-12-18)26(30)33-21-8-6-20(7-9-21)28-25(29)24-4-3-15-34-24/h3-16H,2,17H2,1H3,(H,28,29). The summed E-state index contributed by atoms with van der Waals surface area (Å²) < 4.78 is 17.0. The molecule has 0 spiro atoms. The number of thiophene rings is 1. The van der Waals surface area contributed by atoms with E-state index in [0.717, 1.165) is 5.56 Å². The summed E-state index contributed by atoms with van der Waals surface area (Å²) in [6.45, 7) is 2.63. The molecule has 34 heavy (non-hydrogen) atoms. The fourth-order valence-electron chi connectivity index (χ4n) is 3.04. The maximum absolute atomic E-state index is 12.7. The Bertz CT molecular complexity index is 1240. The number of carbonyl (C=O) groups is 2. The van der Waals surface area contributed by atoms with E-state index in [1.54, 1.807) is 60.9 Å².